The van der Waals surface area contributed by atoms with Crippen LogP contribution in [0.15, 0.2) is 219 Å². The van der Waals surface area contributed by atoms with Crippen molar-refractivity contribution < 1.29 is 0 Å². The van der Waals surface area contributed by atoms with Gasteiger partial charge in [-0.05, 0) is 88.7 Å². The minimum atomic E-state index is 0.402. The van der Waals surface area contributed by atoms with Gasteiger partial charge in [0.1, 0.15) is 0 Å². The van der Waals surface area contributed by atoms with Crippen molar-refractivity contribution in [2.24, 2.45) is 5.92 Å². The quantitative estimate of drug-likeness (QED) is 0.134. The largest absolute Gasteiger partial charge is 0.311 e. The van der Waals surface area contributed by atoms with Gasteiger partial charge in [0.05, 0.1) is 11.2 Å². The molecule has 7 aromatic rings. The number of benzene rings is 6. The highest BCUT2D eigenvalue weighted by atomic mass is 15.1. The highest BCUT2D eigenvalue weighted by molar-refractivity contribution is 5.92. The van der Waals surface area contributed by atoms with Crippen LogP contribution in [0.1, 0.15) is 12.0 Å². The molecule has 0 bridgehead atoms. The van der Waals surface area contributed by atoms with E-state index in [1.807, 2.05) is 24.3 Å². The van der Waals surface area contributed by atoms with Crippen LogP contribution in [0.2, 0.25) is 0 Å². The first-order valence-corrected chi connectivity index (χ1v) is 18.2. The van der Waals surface area contributed by atoms with Gasteiger partial charge in [-0.1, -0.05) is 170 Å². The number of aromatic nitrogens is 1. The molecule has 8 rings (SSSR count). The zero-order chi connectivity index (χ0) is 35.8. The summed E-state index contributed by atoms with van der Waals surface area (Å²) in [6.07, 6.45) is 18.0. The molecule has 53 heavy (non-hydrogen) atoms. The lowest BCUT2D eigenvalue weighted by atomic mass is 9.92. The van der Waals surface area contributed by atoms with Gasteiger partial charge in [0.2, 0.25) is 0 Å². The highest BCUT2D eigenvalue weighted by Gasteiger charge is 2.16. The summed E-state index contributed by atoms with van der Waals surface area (Å²) in [6.45, 7) is 3.74. The second kappa shape index (κ2) is 15.6. The summed E-state index contributed by atoms with van der Waals surface area (Å²) >= 11 is 0. The third-order valence-electron chi connectivity index (χ3n) is 9.75. The maximum absolute atomic E-state index is 5.15. The lowest BCUT2D eigenvalue weighted by Gasteiger charge is -2.26. The average molecular weight is 681 g/mol. The summed E-state index contributed by atoms with van der Waals surface area (Å²) in [7, 11) is 0. The first kappa shape index (κ1) is 33.4. The third kappa shape index (κ3) is 7.49. The van der Waals surface area contributed by atoms with Gasteiger partial charge in [-0.2, -0.15) is 0 Å². The Hall–Kier alpha value is -6.77. The molecule has 0 amide bonds. The van der Waals surface area contributed by atoms with E-state index in [9.17, 15) is 0 Å². The molecule has 1 aromatic heterocycles. The Kier molecular flexibility index (Phi) is 9.85. The van der Waals surface area contributed by atoms with E-state index in [-0.39, 0.29) is 0 Å². The molecule has 0 aliphatic heterocycles. The minimum Gasteiger partial charge on any atom is -0.311 e. The Balaban J connectivity index is 1.14. The normalized spacial score (nSPS) is 14.1. The molecule has 1 aliphatic rings. The molecule has 2 nitrogen and oxygen atoms in total. The summed E-state index contributed by atoms with van der Waals surface area (Å²) in [5.74, 6) is 0.402. The summed E-state index contributed by atoms with van der Waals surface area (Å²) in [6, 6.07) is 58.3. The number of fused-ring (bicyclic) bond motifs is 1. The zero-order valence-corrected chi connectivity index (χ0v) is 29.6. The molecule has 0 spiro atoms. The topological polar surface area (TPSA) is 16.1 Å². The van der Waals surface area contributed by atoms with Gasteiger partial charge in [0, 0.05) is 33.6 Å². The van der Waals surface area contributed by atoms with Crippen LogP contribution in [0.25, 0.3) is 50.0 Å². The molecule has 1 aliphatic carbocycles. The van der Waals surface area contributed by atoms with E-state index in [1.54, 1.807) is 6.08 Å². The Labute approximate surface area is 312 Å². The standard InChI is InChI=1S/C51H40N2/c1-2-3-4-7-14-38-21-23-40(24-22-38)42-27-33-47(34-28-42)53(46-31-25-41(26-32-46)39-15-8-5-9-16-39)48-35-29-43(30-36-48)49-37-45-19-12-13-20-50(45)52-51(49)44-17-10-6-11-18-44/h2-21,23-38H,1,22H2/b4-3-,14-7+. The molecule has 1 heterocycles. The number of hydrogen-bond acceptors (Lipinski definition) is 2. The van der Waals surface area contributed by atoms with Crippen molar-refractivity contribution in [3.8, 4) is 33.5 Å². The molecule has 2 heteroatoms. The van der Waals surface area contributed by atoms with Crippen molar-refractivity contribution in [2.45, 2.75) is 6.42 Å². The van der Waals surface area contributed by atoms with Gasteiger partial charge in [-0.15, -0.1) is 0 Å². The maximum Gasteiger partial charge on any atom is 0.0788 e. The SMILES string of the molecule is C=C/C=C\C=C\C1C=CC(c2ccc(N(c3ccc(-c4ccccc4)cc3)c3ccc(-c4cc5ccccc5nc4-c4ccccc4)cc3)cc2)=CC1. The molecule has 0 N–H and O–H groups in total. The van der Waals surface area contributed by atoms with Crippen LogP contribution in [0.5, 0.6) is 0 Å². The van der Waals surface area contributed by atoms with Crippen LogP contribution >= 0.6 is 0 Å². The molecule has 1 atom stereocenters. The Morgan fingerprint density at radius 2 is 1.11 bits per heavy atom. The van der Waals surface area contributed by atoms with E-state index in [0.29, 0.717) is 5.92 Å². The number of rotatable bonds is 10. The highest BCUT2D eigenvalue weighted by Crippen LogP contribution is 2.39. The van der Waals surface area contributed by atoms with Gasteiger partial charge in [0.15, 0.2) is 0 Å². The average Bonchev–Trinajstić information content (AvgIpc) is 3.24. The first-order valence-electron chi connectivity index (χ1n) is 18.2. The fourth-order valence-corrected chi connectivity index (χ4v) is 6.97. The summed E-state index contributed by atoms with van der Waals surface area (Å²) < 4.78 is 0. The lowest BCUT2D eigenvalue weighted by Crippen LogP contribution is -2.10. The summed E-state index contributed by atoms with van der Waals surface area (Å²) in [4.78, 5) is 7.48. The van der Waals surface area contributed by atoms with Gasteiger partial charge < -0.3 is 4.90 Å². The van der Waals surface area contributed by atoms with E-state index in [2.05, 4.69) is 194 Å². The smallest absolute Gasteiger partial charge is 0.0788 e. The van der Waals surface area contributed by atoms with Crippen LogP contribution in [-0.4, -0.2) is 4.98 Å². The van der Waals surface area contributed by atoms with Crippen molar-refractivity contribution in [1.82, 2.24) is 4.98 Å². The summed E-state index contributed by atoms with van der Waals surface area (Å²) in [5, 5.41) is 1.13. The number of para-hydroxylation sites is 1. The second-order valence-corrected chi connectivity index (χ2v) is 13.2. The second-order valence-electron chi connectivity index (χ2n) is 13.2. The van der Waals surface area contributed by atoms with Crippen molar-refractivity contribution in [3.05, 3.63) is 225 Å². The zero-order valence-electron chi connectivity index (χ0n) is 29.6. The van der Waals surface area contributed by atoms with E-state index in [4.69, 9.17) is 4.98 Å². The Morgan fingerprint density at radius 1 is 0.547 bits per heavy atom. The fourth-order valence-electron chi connectivity index (χ4n) is 6.97. The predicted octanol–water partition coefficient (Wildman–Crippen LogP) is 14.0. The number of allylic oxidation sites excluding steroid dienone is 9. The maximum atomic E-state index is 5.15. The molecule has 1 unspecified atom stereocenters. The van der Waals surface area contributed by atoms with E-state index < -0.39 is 0 Å². The van der Waals surface area contributed by atoms with Gasteiger partial charge >= 0.3 is 0 Å². The molecule has 0 fully saturated rings. The third-order valence-corrected chi connectivity index (χ3v) is 9.75. The molecule has 0 saturated heterocycles. The van der Waals surface area contributed by atoms with E-state index in [0.717, 1.165) is 56.8 Å². The lowest BCUT2D eigenvalue weighted by molar-refractivity contribution is 0.825. The van der Waals surface area contributed by atoms with Gasteiger partial charge in [0.25, 0.3) is 0 Å². The van der Waals surface area contributed by atoms with Crippen molar-refractivity contribution in [3.63, 3.8) is 0 Å². The molecule has 254 valence electrons. The van der Waals surface area contributed by atoms with E-state index >= 15 is 0 Å². The number of anilines is 3. The van der Waals surface area contributed by atoms with Crippen molar-refractivity contribution in [2.75, 3.05) is 4.90 Å². The number of nitrogens with zero attached hydrogens (tertiary/aromatic N) is 2. The molecular formula is C51H40N2. The minimum absolute atomic E-state index is 0.402. The van der Waals surface area contributed by atoms with Crippen LogP contribution < -0.4 is 4.90 Å². The molecule has 0 saturated carbocycles. The van der Waals surface area contributed by atoms with Gasteiger partial charge in [-0.3, -0.25) is 0 Å². The van der Waals surface area contributed by atoms with Crippen LogP contribution in [0, 0.1) is 5.92 Å². The number of pyridine rings is 1. The fraction of sp³-hybridized carbons (Fsp3) is 0.0392. The first-order chi connectivity index (χ1) is 26.2. The van der Waals surface area contributed by atoms with Gasteiger partial charge in [-0.25, -0.2) is 4.98 Å². The van der Waals surface area contributed by atoms with Crippen LogP contribution in [-0.2, 0) is 0 Å². The van der Waals surface area contributed by atoms with Crippen molar-refractivity contribution >= 4 is 33.5 Å². The molecular weight excluding hydrogens is 641 g/mol. The predicted molar refractivity (Wildman–Crippen MR) is 226 cm³/mol. The Morgan fingerprint density at radius 3 is 1.74 bits per heavy atom. The monoisotopic (exact) mass is 680 g/mol. The molecule has 0 radical (unpaired) electrons. The molecule has 6 aromatic carbocycles. The van der Waals surface area contributed by atoms with Crippen LogP contribution in [0.4, 0.5) is 17.1 Å². The van der Waals surface area contributed by atoms with E-state index in [1.165, 1.54) is 22.3 Å². The Bertz CT molecular complexity index is 2450. The summed E-state index contributed by atoms with van der Waals surface area (Å²) in [5.41, 5.74) is 13.5. The number of hydrogen-bond donors (Lipinski definition) is 0. The van der Waals surface area contributed by atoms with Crippen molar-refractivity contribution in [1.29, 1.82) is 0 Å². The van der Waals surface area contributed by atoms with Crippen LogP contribution in [0.3, 0.4) is 0 Å².